The predicted octanol–water partition coefficient (Wildman–Crippen LogP) is 15.9. The molecule has 0 aliphatic heterocycles. The number of rotatable bonds is 43. The van der Waals surface area contributed by atoms with Gasteiger partial charge in [0.05, 0.1) is 0 Å². The Morgan fingerprint density at radius 1 is 0.240 bits per heavy atom. The summed E-state index contributed by atoms with van der Waals surface area (Å²) in [5, 5.41) is 17.3. The SMILES string of the molecule is O=C(O)CCCCCCCCCCC/C=C\CCCCCCCCCCCCCCCCCC/C=C\CCCCCCCCCCCC(=O)O. The van der Waals surface area contributed by atoms with Crippen molar-refractivity contribution in [1.29, 1.82) is 0 Å². The van der Waals surface area contributed by atoms with Crippen molar-refractivity contribution in [2.75, 3.05) is 0 Å². The Morgan fingerprint density at radius 3 is 0.540 bits per heavy atom. The molecule has 4 nitrogen and oxygen atoms in total. The topological polar surface area (TPSA) is 74.6 Å². The van der Waals surface area contributed by atoms with Crippen molar-refractivity contribution in [2.24, 2.45) is 0 Å². The summed E-state index contributed by atoms with van der Waals surface area (Å²) < 4.78 is 0. The van der Waals surface area contributed by atoms with Crippen LogP contribution in [0.5, 0.6) is 0 Å². The molecule has 0 fully saturated rings. The molecule has 0 aromatic rings. The minimum absolute atomic E-state index is 0.335. The molecule has 0 rings (SSSR count). The first kappa shape index (κ1) is 48.4. The number of allylic oxidation sites excluding steroid dienone is 4. The van der Waals surface area contributed by atoms with Crippen molar-refractivity contribution < 1.29 is 19.8 Å². The molecule has 0 aromatic heterocycles. The molecule has 0 saturated carbocycles. The molecule has 2 N–H and O–H groups in total. The first-order valence-electron chi connectivity index (χ1n) is 22.4. The molecular weight excluding hydrogens is 617 g/mol. The number of hydrogen-bond acceptors (Lipinski definition) is 2. The summed E-state index contributed by atoms with van der Waals surface area (Å²) in [6.07, 6.45) is 60.4. The van der Waals surface area contributed by atoms with Crippen LogP contribution < -0.4 is 0 Å². The summed E-state index contributed by atoms with van der Waals surface area (Å²) in [6.45, 7) is 0. The second-order valence-electron chi connectivity index (χ2n) is 15.4. The minimum Gasteiger partial charge on any atom is -0.481 e. The van der Waals surface area contributed by atoms with Gasteiger partial charge in [-0.2, -0.15) is 0 Å². The Morgan fingerprint density at radius 2 is 0.380 bits per heavy atom. The van der Waals surface area contributed by atoms with E-state index in [1.54, 1.807) is 0 Å². The van der Waals surface area contributed by atoms with Crippen molar-refractivity contribution in [3.8, 4) is 0 Å². The van der Waals surface area contributed by atoms with Crippen molar-refractivity contribution in [1.82, 2.24) is 0 Å². The second-order valence-corrected chi connectivity index (χ2v) is 15.4. The van der Waals surface area contributed by atoms with Crippen LogP contribution in [-0.4, -0.2) is 22.2 Å². The summed E-state index contributed by atoms with van der Waals surface area (Å²) in [6, 6.07) is 0. The van der Waals surface area contributed by atoms with Gasteiger partial charge >= 0.3 is 11.9 Å². The first-order chi connectivity index (χ1) is 24.6. The molecule has 0 amide bonds. The van der Waals surface area contributed by atoms with Crippen LogP contribution in [0.25, 0.3) is 0 Å². The van der Waals surface area contributed by atoms with Crippen LogP contribution >= 0.6 is 0 Å². The quantitative estimate of drug-likeness (QED) is 0.0490. The van der Waals surface area contributed by atoms with Crippen molar-refractivity contribution in [2.45, 2.75) is 257 Å². The fourth-order valence-electron chi connectivity index (χ4n) is 7.02. The van der Waals surface area contributed by atoms with E-state index in [1.807, 2.05) is 0 Å². The van der Waals surface area contributed by atoms with E-state index in [4.69, 9.17) is 10.2 Å². The Labute approximate surface area is 312 Å². The average Bonchev–Trinajstić information content (AvgIpc) is 3.10. The Balaban J connectivity index is 3.14. The van der Waals surface area contributed by atoms with Gasteiger partial charge in [-0.3, -0.25) is 9.59 Å². The van der Waals surface area contributed by atoms with Gasteiger partial charge in [0.1, 0.15) is 0 Å². The molecule has 0 aliphatic carbocycles. The summed E-state index contributed by atoms with van der Waals surface area (Å²) in [4.78, 5) is 21.0. The largest absolute Gasteiger partial charge is 0.481 e. The highest BCUT2D eigenvalue weighted by Gasteiger charge is 1.99. The van der Waals surface area contributed by atoms with E-state index in [2.05, 4.69) is 24.3 Å². The lowest BCUT2D eigenvalue weighted by Gasteiger charge is -2.03. The number of unbranched alkanes of at least 4 members (excludes halogenated alkanes) is 35. The van der Waals surface area contributed by atoms with Crippen LogP contribution in [0.15, 0.2) is 24.3 Å². The van der Waals surface area contributed by atoms with Gasteiger partial charge in [-0.25, -0.2) is 0 Å². The molecule has 0 unspecified atom stereocenters. The van der Waals surface area contributed by atoms with E-state index in [-0.39, 0.29) is 0 Å². The zero-order valence-electron chi connectivity index (χ0n) is 33.3. The van der Waals surface area contributed by atoms with E-state index in [0.29, 0.717) is 12.8 Å². The van der Waals surface area contributed by atoms with Crippen LogP contribution in [0.2, 0.25) is 0 Å². The second kappa shape index (κ2) is 43.6. The molecule has 0 radical (unpaired) electrons. The number of carboxylic acids is 2. The summed E-state index contributed by atoms with van der Waals surface area (Å²) in [7, 11) is 0. The number of carboxylic acid groups (broad SMARTS) is 2. The number of aliphatic carboxylic acids is 2. The molecule has 0 spiro atoms. The molecule has 0 aromatic carbocycles. The van der Waals surface area contributed by atoms with Crippen LogP contribution in [0, 0.1) is 0 Å². The molecular formula is C46H86O4. The summed E-state index contributed by atoms with van der Waals surface area (Å²) >= 11 is 0. The standard InChI is InChI=1S/C46H86O4/c47-45(48)43-41-39-37-35-33-31-29-27-25-23-21-19-17-15-13-11-9-7-5-3-1-2-4-6-8-10-12-14-16-18-20-22-24-26-28-30-32-34-36-38-40-42-44-46(49)50/h19-22H,1-18,23-44H2,(H,47,48)(H,49,50)/b21-19-,22-20-. The third kappa shape index (κ3) is 46.4. The van der Waals surface area contributed by atoms with Gasteiger partial charge in [0.25, 0.3) is 0 Å². The number of carbonyl (C=O) groups is 2. The summed E-state index contributed by atoms with van der Waals surface area (Å²) in [5.74, 6) is -1.31. The zero-order valence-corrected chi connectivity index (χ0v) is 33.3. The van der Waals surface area contributed by atoms with Crippen molar-refractivity contribution in [3.63, 3.8) is 0 Å². The zero-order chi connectivity index (χ0) is 36.3. The van der Waals surface area contributed by atoms with E-state index in [0.717, 1.165) is 25.7 Å². The van der Waals surface area contributed by atoms with E-state index >= 15 is 0 Å². The van der Waals surface area contributed by atoms with Gasteiger partial charge < -0.3 is 10.2 Å². The Hall–Kier alpha value is -1.58. The summed E-state index contributed by atoms with van der Waals surface area (Å²) in [5.41, 5.74) is 0. The van der Waals surface area contributed by atoms with Crippen molar-refractivity contribution in [3.05, 3.63) is 24.3 Å². The van der Waals surface area contributed by atoms with Crippen LogP contribution in [0.1, 0.15) is 257 Å². The van der Waals surface area contributed by atoms with Gasteiger partial charge in [-0.15, -0.1) is 0 Å². The van der Waals surface area contributed by atoms with Gasteiger partial charge in [0.15, 0.2) is 0 Å². The molecule has 4 heteroatoms. The fourth-order valence-corrected chi connectivity index (χ4v) is 7.02. The maximum Gasteiger partial charge on any atom is 0.303 e. The molecule has 50 heavy (non-hydrogen) atoms. The highest BCUT2D eigenvalue weighted by molar-refractivity contribution is 5.66. The molecule has 0 bridgehead atoms. The maximum atomic E-state index is 10.5. The lowest BCUT2D eigenvalue weighted by Crippen LogP contribution is -1.93. The van der Waals surface area contributed by atoms with Gasteiger partial charge in [0.2, 0.25) is 0 Å². The molecule has 0 saturated heterocycles. The van der Waals surface area contributed by atoms with Gasteiger partial charge in [-0.05, 0) is 64.2 Å². The minimum atomic E-state index is -0.657. The predicted molar refractivity (Wildman–Crippen MR) is 218 cm³/mol. The molecule has 0 heterocycles. The molecule has 294 valence electrons. The maximum absolute atomic E-state index is 10.5. The average molecular weight is 703 g/mol. The third-order valence-electron chi connectivity index (χ3n) is 10.3. The van der Waals surface area contributed by atoms with Crippen LogP contribution in [0.4, 0.5) is 0 Å². The fraction of sp³-hybridized carbons (Fsp3) is 0.870. The monoisotopic (exact) mass is 703 g/mol. The Kier molecular flexibility index (Phi) is 42.2. The van der Waals surface area contributed by atoms with Crippen molar-refractivity contribution >= 4 is 11.9 Å². The normalized spacial score (nSPS) is 11.8. The Bertz CT molecular complexity index is 680. The molecule has 0 atom stereocenters. The smallest absolute Gasteiger partial charge is 0.303 e. The molecule has 0 aliphatic rings. The van der Waals surface area contributed by atoms with Crippen LogP contribution in [-0.2, 0) is 9.59 Å². The lowest BCUT2D eigenvalue weighted by molar-refractivity contribution is -0.138. The van der Waals surface area contributed by atoms with Gasteiger partial charge in [0, 0.05) is 12.8 Å². The third-order valence-corrected chi connectivity index (χ3v) is 10.3. The van der Waals surface area contributed by atoms with Crippen LogP contribution in [0.3, 0.4) is 0 Å². The lowest BCUT2D eigenvalue weighted by atomic mass is 10.0. The van der Waals surface area contributed by atoms with E-state index < -0.39 is 11.9 Å². The number of hydrogen-bond donors (Lipinski definition) is 2. The van der Waals surface area contributed by atoms with E-state index in [9.17, 15) is 9.59 Å². The highest BCUT2D eigenvalue weighted by atomic mass is 16.4. The highest BCUT2D eigenvalue weighted by Crippen LogP contribution is 2.16. The van der Waals surface area contributed by atoms with E-state index in [1.165, 1.54) is 218 Å². The first-order valence-corrected chi connectivity index (χ1v) is 22.4. The van der Waals surface area contributed by atoms with Gasteiger partial charge in [-0.1, -0.05) is 204 Å².